The Labute approximate surface area is 105 Å². The van der Waals surface area contributed by atoms with Crippen LogP contribution in [-0.4, -0.2) is 8.42 Å². The van der Waals surface area contributed by atoms with Crippen molar-refractivity contribution in [2.75, 3.05) is 0 Å². The Bertz CT molecular complexity index is 606. The van der Waals surface area contributed by atoms with Gasteiger partial charge in [0, 0.05) is 0 Å². The molecule has 0 radical (unpaired) electrons. The Morgan fingerprint density at radius 3 is 2.11 bits per heavy atom. The molecule has 0 bridgehead atoms. The Balaban J connectivity index is 2.03. The van der Waals surface area contributed by atoms with E-state index in [1.807, 2.05) is 30.3 Å². The van der Waals surface area contributed by atoms with E-state index in [1.165, 1.54) is 24.3 Å². The Morgan fingerprint density at radius 1 is 0.944 bits per heavy atom. The first-order valence-corrected chi connectivity index (χ1v) is 6.65. The summed E-state index contributed by atoms with van der Waals surface area (Å²) in [6.45, 7) is 0.378. The Hall–Kier alpha value is -1.88. The van der Waals surface area contributed by atoms with Crippen molar-refractivity contribution in [1.29, 1.82) is 0 Å². The van der Waals surface area contributed by atoms with Gasteiger partial charge in [0.25, 0.3) is 0 Å². The summed E-state index contributed by atoms with van der Waals surface area (Å²) in [6.07, 6.45) is 0. The van der Waals surface area contributed by atoms with Crippen molar-refractivity contribution in [2.24, 2.45) is 0 Å². The smallest absolute Gasteiger partial charge is 0.332 e. The molecule has 0 spiro atoms. The van der Waals surface area contributed by atoms with E-state index in [0.717, 1.165) is 5.56 Å². The van der Waals surface area contributed by atoms with Gasteiger partial charge in [-0.2, -0.15) is 8.42 Å². The van der Waals surface area contributed by atoms with Crippen LogP contribution in [0.1, 0.15) is 5.56 Å². The van der Waals surface area contributed by atoms with E-state index in [9.17, 15) is 12.3 Å². The summed E-state index contributed by atoms with van der Waals surface area (Å²) >= 11 is 0. The molecule has 2 aromatic rings. The highest BCUT2D eigenvalue weighted by Crippen LogP contribution is 2.18. The molecule has 2 rings (SSSR count). The third kappa shape index (κ3) is 3.30. The number of ether oxygens (including phenoxy) is 1. The molecule has 3 nitrogen and oxygen atoms in total. The van der Waals surface area contributed by atoms with Gasteiger partial charge in [0.15, 0.2) is 0 Å². The van der Waals surface area contributed by atoms with Crippen LogP contribution in [0.3, 0.4) is 0 Å². The van der Waals surface area contributed by atoms with Gasteiger partial charge in [-0.25, -0.2) is 0 Å². The van der Waals surface area contributed by atoms with E-state index in [1.54, 1.807) is 0 Å². The van der Waals surface area contributed by atoms with Gasteiger partial charge in [0.2, 0.25) is 0 Å². The van der Waals surface area contributed by atoms with Gasteiger partial charge < -0.3 is 4.74 Å². The monoisotopic (exact) mass is 266 g/mol. The van der Waals surface area contributed by atoms with E-state index < -0.39 is 10.2 Å². The van der Waals surface area contributed by atoms with E-state index in [0.29, 0.717) is 12.4 Å². The van der Waals surface area contributed by atoms with Gasteiger partial charge in [-0.15, -0.1) is 3.89 Å². The fourth-order valence-corrected chi connectivity index (χ4v) is 1.90. The molecule has 5 heteroatoms. The minimum Gasteiger partial charge on any atom is -0.489 e. The number of benzene rings is 2. The predicted octanol–water partition coefficient (Wildman–Crippen LogP) is 2.92. The Kier molecular flexibility index (Phi) is 3.62. The van der Waals surface area contributed by atoms with Crippen molar-refractivity contribution in [2.45, 2.75) is 11.5 Å². The average Bonchev–Trinajstić information content (AvgIpc) is 2.37. The van der Waals surface area contributed by atoms with Crippen molar-refractivity contribution in [1.82, 2.24) is 0 Å². The first kappa shape index (κ1) is 12.6. The second-order valence-electron chi connectivity index (χ2n) is 3.68. The standard InChI is InChI=1S/C13H11FO3S/c14-18(15,16)13-8-6-12(7-9-13)17-10-11-4-2-1-3-5-11/h1-9H,10H2. The molecule has 94 valence electrons. The van der Waals surface area contributed by atoms with Crippen molar-refractivity contribution in [3.8, 4) is 5.75 Å². The molecule has 0 aliphatic rings. The number of rotatable bonds is 4. The summed E-state index contributed by atoms with van der Waals surface area (Å²) < 4.78 is 39.3. The van der Waals surface area contributed by atoms with Crippen LogP contribution < -0.4 is 4.74 Å². The van der Waals surface area contributed by atoms with E-state index in [-0.39, 0.29) is 4.90 Å². The zero-order valence-electron chi connectivity index (χ0n) is 9.41. The summed E-state index contributed by atoms with van der Waals surface area (Å²) in [7, 11) is -4.64. The molecule has 0 saturated carbocycles. The molecule has 0 fully saturated rings. The summed E-state index contributed by atoms with van der Waals surface area (Å²) in [5.74, 6) is 0.492. The zero-order chi connectivity index (χ0) is 13.0. The molecule has 0 N–H and O–H groups in total. The molecule has 0 aromatic heterocycles. The summed E-state index contributed by atoms with van der Waals surface area (Å²) in [5.41, 5.74) is 1.000. The Morgan fingerprint density at radius 2 is 1.56 bits per heavy atom. The molecule has 0 aliphatic carbocycles. The average molecular weight is 266 g/mol. The lowest BCUT2D eigenvalue weighted by molar-refractivity contribution is 0.306. The van der Waals surface area contributed by atoms with Crippen molar-refractivity contribution >= 4 is 10.2 Å². The predicted molar refractivity (Wildman–Crippen MR) is 65.5 cm³/mol. The highest BCUT2D eigenvalue weighted by molar-refractivity contribution is 7.86. The van der Waals surface area contributed by atoms with Gasteiger partial charge in [-0.1, -0.05) is 30.3 Å². The van der Waals surface area contributed by atoms with Crippen LogP contribution in [0.4, 0.5) is 3.89 Å². The molecule has 18 heavy (non-hydrogen) atoms. The SMILES string of the molecule is O=S(=O)(F)c1ccc(OCc2ccccc2)cc1. The molecule has 0 atom stereocenters. The van der Waals surface area contributed by atoms with Gasteiger partial charge in [0.1, 0.15) is 12.4 Å². The fraction of sp³-hybridized carbons (Fsp3) is 0.0769. The molecule has 0 heterocycles. The van der Waals surface area contributed by atoms with Gasteiger partial charge in [-0.3, -0.25) is 0 Å². The van der Waals surface area contributed by atoms with Crippen molar-refractivity contribution < 1.29 is 17.0 Å². The molecule has 0 amide bonds. The number of hydrogen-bond acceptors (Lipinski definition) is 3. The summed E-state index contributed by atoms with van der Waals surface area (Å²) in [6, 6.07) is 14.7. The summed E-state index contributed by atoms with van der Waals surface area (Å²) in [5, 5.41) is 0. The summed E-state index contributed by atoms with van der Waals surface area (Å²) in [4.78, 5) is -0.366. The van der Waals surface area contributed by atoms with Crippen LogP contribution in [0.25, 0.3) is 0 Å². The molecular formula is C13H11FO3S. The third-order valence-corrected chi connectivity index (χ3v) is 3.19. The van der Waals surface area contributed by atoms with Crippen LogP contribution in [0, 0.1) is 0 Å². The second kappa shape index (κ2) is 5.18. The lowest BCUT2D eigenvalue weighted by Gasteiger charge is -2.06. The van der Waals surface area contributed by atoms with E-state index in [2.05, 4.69) is 0 Å². The van der Waals surface area contributed by atoms with Crippen LogP contribution in [0.15, 0.2) is 59.5 Å². The van der Waals surface area contributed by atoms with Gasteiger partial charge in [0.05, 0.1) is 4.90 Å². The first-order chi connectivity index (χ1) is 8.55. The molecule has 0 aliphatic heterocycles. The maximum atomic E-state index is 12.6. The highest BCUT2D eigenvalue weighted by Gasteiger charge is 2.10. The zero-order valence-corrected chi connectivity index (χ0v) is 10.2. The van der Waals surface area contributed by atoms with E-state index >= 15 is 0 Å². The van der Waals surface area contributed by atoms with Crippen molar-refractivity contribution in [3.05, 3.63) is 60.2 Å². The van der Waals surface area contributed by atoms with Crippen LogP contribution in [0.5, 0.6) is 5.75 Å². The maximum Gasteiger partial charge on any atom is 0.332 e. The van der Waals surface area contributed by atoms with Crippen LogP contribution >= 0.6 is 0 Å². The van der Waals surface area contributed by atoms with Gasteiger partial charge in [-0.05, 0) is 29.8 Å². The maximum absolute atomic E-state index is 12.6. The largest absolute Gasteiger partial charge is 0.489 e. The van der Waals surface area contributed by atoms with Crippen molar-refractivity contribution in [3.63, 3.8) is 0 Å². The fourth-order valence-electron chi connectivity index (χ4n) is 1.44. The normalized spacial score (nSPS) is 11.2. The molecule has 0 saturated heterocycles. The molecular weight excluding hydrogens is 255 g/mol. The molecule has 0 unspecified atom stereocenters. The van der Waals surface area contributed by atoms with E-state index in [4.69, 9.17) is 4.74 Å². The quantitative estimate of drug-likeness (QED) is 0.799. The minimum absolute atomic E-state index is 0.366. The number of hydrogen-bond donors (Lipinski definition) is 0. The first-order valence-electron chi connectivity index (χ1n) is 5.27. The lowest BCUT2D eigenvalue weighted by atomic mass is 10.2. The lowest BCUT2D eigenvalue weighted by Crippen LogP contribution is -1.96. The third-order valence-electron chi connectivity index (χ3n) is 2.35. The number of halogens is 1. The molecule has 2 aromatic carbocycles. The highest BCUT2D eigenvalue weighted by atomic mass is 32.3. The van der Waals surface area contributed by atoms with Crippen LogP contribution in [-0.2, 0) is 16.8 Å². The van der Waals surface area contributed by atoms with Crippen LogP contribution in [0.2, 0.25) is 0 Å². The second-order valence-corrected chi connectivity index (χ2v) is 5.03. The topological polar surface area (TPSA) is 43.4 Å². The van der Waals surface area contributed by atoms with Gasteiger partial charge >= 0.3 is 10.2 Å². The minimum atomic E-state index is -4.64.